The summed E-state index contributed by atoms with van der Waals surface area (Å²) in [6.07, 6.45) is 6.67. The van der Waals surface area contributed by atoms with Crippen LogP contribution in [0.5, 0.6) is 0 Å². The van der Waals surface area contributed by atoms with E-state index in [-0.39, 0.29) is 0 Å². The molecule has 2 heterocycles. The number of nitrogens with zero attached hydrogens (tertiary/aromatic N) is 1. The molecule has 2 fully saturated rings. The predicted molar refractivity (Wildman–Crippen MR) is 48.1 cm³/mol. The Hall–Kier alpha value is -0.370. The zero-order valence-electron chi connectivity index (χ0n) is 7.59. The molecule has 0 saturated carbocycles. The Bertz CT molecular complexity index is 179. The molecule has 0 radical (unpaired) electrons. The van der Waals surface area contributed by atoms with Crippen LogP contribution in [0.3, 0.4) is 0 Å². The summed E-state index contributed by atoms with van der Waals surface area (Å²) in [5.74, 6) is 0.490. The molecule has 1 atom stereocenters. The molecule has 2 rings (SSSR count). The molecule has 2 aliphatic rings. The predicted octanol–water partition coefficient (Wildman–Crippen LogP) is 1.59. The second-order valence-corrected chi connectivity index (χ2v) is 4.03. The number of carbonyl (C=O) groups excluding carboxylic acids is 1. The first-order valence-corrected chi connectivity index (χ1v) is 5.12. The Kier molecular flexibility index (Phi) is 2.45. The fraction of sp³-hybridized carbons (Fsp3) is 0.900. The van der Waals surface area contributed by atoms with E-state index in [1.807, 2.05) is 0 Å². The summed E-state index contributed by atoms with van der Waals surface area (Å²) in [4.78, 5) is 13.8. The highest BCUT2D eigenvalue weighted by molar-refractivity contribution is 5.79. The number of piperidine rings is 1. The lowest BCUT2D eigenvalue weighted by atomic mass is 9.99. The summed E-state index contributed by atoms with van der Waals surface area (Å²) >= 11 is 0. The zero-order valence-corrected chi connectivity index (χ0v) is 7.59. The third kappa shape index (κ3) is 1.69. The van der Waals surface area contributed by atoms with E-state index < -0.39 is 0 Å². The van der Waals surface area contributed by atoms with Gasteiger partial charge in [-0.1, -0.05) is 6.42 Å². The van der Waals surface area contributed by atoms with E-state index >= 15 is 0 Å². The molecule has 0 spiro atoms. The summed E-state index contributed by atoms with van der Waals surface area (Å²) in [6, 6.07) is 0.605. The van der Waals surface area contributed by atoms with Gasteiger partial charge in [0.25, 0.3) is 0 Å². The highest BCUT2D eigenvalue weighted by Gasteiger charge is 2.26. The van der Waals surface area contributed by atoms with Gasteiger partial charge in [0, 0.05) is 18.9 Å². The van der Waals surface area contributed by atoms with Crippen molar-refractivity contribution in [1.82, 2.24) is 4.90 Å². The molecule has 0 N–H and O–H groups in total. The van der Waals surface area contributed by atoms with Crippen molar-refractivity contribution in [3.8, 4) is 0 Å². The Labute approximate surface area is 73.9 Å². The fourth-order valence-corrected chi connectivity index (χ4v) is 2.43. The van der Waals surface area contributed by atoms with Crippen LogP contribution >= 0.6 is 0 Å². The lowest BCUT2D eigenvalue weighted by molar-refractivity contribution is -0.119. The molecule has 68 valence electrons. The Balaban J connectivity index is 2.01. The fourth-order valence-electron chi connectivity index (χ4n) is 2.43. The van der Waals surface area contributed by atoms with E-state index in [9.17, 15) is 4.79 Å². The van der Waals surface area contributed by atoms with Gasteiger partial charge in [-0.2, -0.15) is 0 Å². The minimum Gasteiger partial charge on any atom is -0.300 e. The second kappa shape index (κ2) is 3.56. The molecule has 0 aromatic carbocycles. The number of carbonyl (C=O) groups is 1. The third-order valence-corrected chi connectivity index (χ3v) is 3.11. The molecule has 0 amide bonds. The van der Waals surface area contributed by atoms with Crippen LogP contribution in [-0.4, -0.2) is 29.8 Å². The van der Waals surface area contributed by atoms with Gasteiger partial charge in [0.1, 0.15) is 5.78 Å². The van der Waals surface area contributed by atoms with Gasteiger partial charge in [0.2, 0.25) is 0 Å². The van der Waals surface area contributed by atoms with Crippen LogP contribution < -0.4 is 0 Å². The van der Waals surface area contributed by atoms with Gasteiger partial charge >= 0.3 is 0 Å². The average Bonchev–Trinajstić information content (AvgIpc) is 2.25. The molecular weight excluding hydrogens is 150 g/mol. The zero-order chi connectivity index (χ0) is 8.39. The molecular formula is C10H17NO. The first-order chi connectivity index (χ1) is 5.86. The van der Waals surface area contributed by atoms with E-state index in [2.05, 4.69) is 4.90 Å². The number of ketones is 1. The van der Waals surface area contributed by atoms with Crippen molar-refractivity contribution >= 4 is 5.78 Å². The van der Waals surface area contributed by atoms with Crippen molar-refractivity contribution < 1.29 is 4.79 Å². The standard InChI is InChI=1S/C10H17NO/c12-10-5-3-7-11-6-2-1-4-9(11)8-10/h9H,1-8H2. The van der Waals surface area contributed by atoms with Crippen molar-refractivity contribution in [3.63, 3.8) is 0 Å². The minimum atomic E-state index is 0.490. The molecule has 2 saturated heterocycles. The molecule has 2 heteroatoms. The van der Waals surface area contributed by atoms with E-state index in [0.717, 1.165) is 25.8 Å². The smallest absolute Gasteiger partial charge is 0.134 e. The highest BCUT2D eigenvalue weighted by Crippen LogP contribution is 2.23. The topological polar surface area (TPSA) is 20.3 Å². The van der Waals surface area contributed by atoms with Gasteiger partial charge in [-0.15, -0.1) is 0 Å². The molecule has 12 heavy (non-hydrogen) atoms. The molecule has 0 aliphatic carbocycles. The lowest BCUT2D eigenvalue weighted by Gasteiger charge is -2.33. The summed E-state index contributed by atoms with van der Waals surface area (Å²) in [6.45, 7) is 2.40. The minimum absolute atomic E-state index is 0.490. The van der Waals surface area contributed by atoms with Crippen LogP contribution in [0.25, 0.3) is 0 Å². The Morgan fingerprint density at radius 2 is 2.00 bits per heavy atom. The molecule has 2 aliphatic heterocycles. The second-order valence-electron chi connectivity index (χ2n) is 4.03. The average molecular weight is 167 g/mol. The first-order valence-electron chi connectivity index (χ1n) is 5.12. The van der Waals surface area contributed by atoms with E-state index in [1.54, 1.807) is 0 Å². The van der Waals surface area contributed by atoms with Crippen LogP contribution in [0, 0.1) is 0 Å². The van der Waals surface area contributed by atoms with Gasteiger partial charge in [0.15, 0.2) is 0 Å². The summed E-state index contributed by atoms with van der Waals surface area (Å²) < 4.78 is 0. The van der Waals surface area contributed by atoms with Gasteiger partial charge in [-0.25, -0.2) is 0 Å². The monoisotopic (exact) mass is 167 g/mol. The molecule has 2 nitrogen and oxygen atoms in total. The quantitative estimate of drug-likeness (QED) is 0.546. The van der Waals surface area contributed by atoms with E-state index in [4.69, 9.17) is 0 Å². The molecule has 0 aromatic heterocycles. The summed E-state index contributed by atoms with van der Waals surface area (Å²) in [5.41, 5.74) is 0. The van der Waals surface area contributed by atoms with Crippen LogP contribution in [0.4, 0.5) is 0 Å². The molecule has 1 unspecified atom stereocenters. The number of fused-ring (bicyclic) bond motifs is 1. The van der Waals surface area contributed by atoms with Crippen LogP contribution in [0.15, 0.2) is 0 Å². The van der Waals surface area contributed by atoms with Crippen molar-refractivity contribution in [2.75, 3.05) is 13.1 Å². The Morgan fingerprint density at radius 1 is 1.17 bits per heavy atom. The van der Waals surface area contributed by atoms with Gasteiger partial charge < -0.3 is 0 Å². The largest absolute Gasteiger partial charge is 0.300 e. The van der Waals surface area contributed by atoms with Gasteiger partial charge in [-0.05, 0) is 32.4 Å². The number of Topliss-reactive ketones (excluding diaryl/α,β-unsaturated/α-hetero) is 1. The molecule has 0 bridgehead atoms. The summed E-state index contributed by atoms with van der Waals surface area (Å²) in [7, 11) is 0. The van der Waals surface area contributed by atoms with Crippen molar-refractivity contribution in [2.24, 2.45) is 0 Å². The van der Waals surface area contributed by atoms with E-state index in [1.165, 1.54) is 25.8 Å². The van der Waals surface area contributed by atoms with Crippen molar-refractivity contribution in [2.45, 2.75) is 44.6 Å². The maximum Gasteiger partial charge on any atom is 0.134 e. The number of hydrogen-bond acceptors (Lipinski definition) is 2. The SMILES string of the molecule is O=C1CCCN2CCCCC2C1. The van der Waals surface area contributed by atoms with Gasteiger partial charge in [0.05, 0.1) is 0 Å². The number of hydrogen-bond donors (Lipinski definition) is 0. The van der Waals surface area contributed by atoms with Crippen LogP contribution in [-0.2, 0) is 4.79 Å². The number of rotatable bonds is 0. The maximum absolute atomic E-state index is 11.3. The normalized spacial score (nSPS) is 32.7. The van der Waals surface area contributed by atoms with Crippen LogP contribution in [0.2, 0.25) is 0 Å². The lowest BCUT2D eigenvalue weighted by Crippen LogP contribution is -2.39. The van der Waals surface area contributed by atoms with Gasteiger partial charge in [-0.3, -0.25) is 9.69 Å². The highest BCUT2D eigenvalue weighted by atomic mass is 16.1. The van der Waals surface area contributed by atoms with Crippen LogP contribution in [0.1, 0.15) is 38.5 Å². The molecule has 0 aromatic rings. The van der Waals surface area contributed by atoms with E-state index in [0.29, 0.717) is 11.8 Å². The Morgan fingerprint density at radius 3 is 2.92 bits per heavy atom. The maximum atomic E-state index is 11.3. The first kappa shape index (κ1) is 8.24. The third-order valence-electron chi connectivity index (χ3n) is 3.11. The summed E-state index contributed by atoms with van der Waals surface area (Å²) in [5, 5.41) is 0. The van der Waals surface area contributed by atoms with Crippen molar-refractivity contribution in [1.29, 1.82) is 0 Å². The van der Waals surface area contributed by atoms with Crippen molar-refractivity contribution in [3.05, 3.63) is 0 Å².